The standard InChI is InChI=1S/C20H23FN2O2/c1-13(18(24)23-17-7-5-6-16(21)12-17)22-19(25)14-8-10-15(11-9-14)20(2,3)4/h5-13H,1-4H3,(H,22,25)(H,23,24). The molecular formula is C20H23FN2O2. The minimum Gasteiger partial charge on any atom is -0.341 e. The summed E-state index contributed by atoms with van der Waals surface area (Å²) in [5, 5.41) is 5.22. The lowest BCUT2D eigenvalue weighted by Gasteiger charge is -2.19. The van der Waals surface area contributed by atoms with Gasteiger partial charge in [-0.25, -0.2) is 4.39 Å². The topological polar surface area (TPSA) is 58.2 Å². The monoisotopic (exact) mass is 342 g/mol. The molecule has 0 aromatic heterocycles. The Morgan fingerprint density at radius 2 is 1.68 bits per heavy atom. The highest BCUT2D eigenvalue weighted by molar-refractivity contribution is 6.00. The Morgan fingerprint density at radius 3 is 2.24 bits per heavy atom. The minimum absolute atomic E-state index is 0.00708. The molecule has 0 aliphatic carbocycles. The molecule has 2 aromatic rings. The van der Waals surface area contributed by atoms with Crippen LogP contribution < -0.4 is 10.6 Å². The summed E-state index contributed by atoms with van der Waals surface area (Å²) in [6.45, 7) is 7.87. The summed E-state index contributed by atoms with van der Waals surface area (Å²) in [6.07, 6.45) is 0. The fraction of sp³-hybridized carbons (Fsp3) is 0.300. The zero-order valence-corrected chi connectivity index (χ0v) is 14.9. The van der Waals surface area contributed by atoms with E-state index in [0.717, 1.165) is 5.56 Å². The average molecular weight is 342 g/mol. The van der Waals surface area contributed by atoms with Gasteiger partial charge in [0.25, 0.3) is 5.91 Å². The maximum Gasteiger partial charge on any atom is 0.251 e. The van der Waals surface area contributed by atoms with Crippen molar-refractivity contribution in [2.24, 2.45) is 0 Å². The largest absolute Gasteiger partial charge is 0.341 e. The van der Waals surface area contributed by atoms with Crippen LogP contribution in [0.4, 0.5) is 10.1 Å². The van der Waals surface area contributed by atoms with Crippen molar-refractivity contribution in [1.29, 1.82) is 0 Å². The number of carbonyl (C=O) groups excluding carboxylic acids is 2. The highest BCUT2D eigenvalue weighted by Crippen LogP contribution is 2.22. The number of hydrogen-bond donors (Lipinski definition) is 2. The summed E-state index contributed by atoms with van der Waals surface area (Å²) in [5.74, 6) is -1.18. The third-order valence-electron chi connectivity index (χ3n) is 3.85. The van der Waals surface area contributed by atoms with Gasteiger partial charge in [0.05, 0.1) is 0 Å². The first-order valence-electron chi connectivity index (χ1n) is 8.14. The number of hydrogen-bond acceptors (Lipinski definition) is 2. The van der Waals surface area contributed by atoms with E-state index in [-0.39, 0.29) is 11.3 Å². The van der Waals surface area contributed by atoms with Crippen molar-refractivity contribution in [3.63, 3.8) is 0 Å². The Kier molecular flexibility index (Phi) is 5.57. The highest BCUT2D eigenvalue weighted by atomic mass is 19.1. The van der Waals surface area contributed by atoms with Gasteiger partial charge in [-0.3, -0.25) is 9.59 Å². The fourth-order valence-corrected chi connectivity index (χ4v) is 2.28. The van der Waals surface area contributed by atoms with Crippen molar-refractivity contribution in [2.75, 3.05) is 5.32 Å². The Bertz CT molecular complexity index is 764. The van der Waals surface area contributed by atoms with Gasteiger partial charge in [0.15, 0.2) is 0 Å². The number of anilines is 1. The quantitative estimate of drug-likeness (QED) is 0.886. The second kappa shape index (κ2) is 7.47. The van der Waals surface area contributed by atoms with Crippen LogP contribution in [-0.4, -0.2) is 17.9 Å². The Balaban J connectivity index is 1.98. The van der Waals surface area contributed by atoms with E-state index in [1.165, 1.54) is 18.2 Å². The molecule has 2 rings (SSSR count). The molecule has 2 N–H and O–H groups in total. The van der Waals surface area contributed by atoms with Crippen LogP contribution in [0.1, 0.15) is 43.6 Å². The van der Waals surface area contributed by atoms with Gasteiger partial charge in [-0.2, -0.15) is 0 Å². The number of carbonyl (C=O) groups is 2. The third kappa shape index (κ3) is 5.14. The second-order valence-electron chi connectivity index (χ2n) is 7.02. The molecular weight excluding hydrogens is 319 g/mol. The first-order chi connectivity index (χ1) is 11.7. The van der Waals surface area contributed by atoms with Crippen molar-refractivity contribution < 1.29 is 14.0 Å². The van der Waals surface area contributed by atoms with Crippen LogP contribution in [0.3, 0.4) is 0 Å². The maximum absolute atomic E-state index is 13.1. The van der Waals surface area contributed by atoms with Crippen LogP contribution in [0.25, 0.3) is 0 Å². The van der Waals surface area contributed by atoms with Crippen LogP contribution in [0, 0.1) is 5.82 Å². The molecule has 1 atom stereocenters. The molecule has 5 heteroatoms. The van der Waals surface area contributed by atoms with Crippen molar-refractivity contribution in [3.8, 4) is 0 Å². The summed E-state index contributed by atoms with van der Waals surface area (Å²) in [7, 11) is 0. The summed E-state index contributed by atoms with van der Waals surface area (Å²) in [6, 6.07) is 12.2. The predicted molar refractivity (Wildman–Crippen MR) is 97.1 cm³/mol. The Morgan fingerprint density at radius 1 is 1.04 bits per heavy atom. The molecule has 0 spiro atoms. The fourth-order valence-electron chi connectivity index (χ4n) is 2.28. The van der Waals surface area contributed by atoms with Gasteiger partial charge in [-0.15, -0.1) is 0 Å². The maximum atomic E-state index is 13.1. The molecule has 25 heavy (non-hydrogen) atoms. The van der Waals surface area contributed by atoms with E-state index in [0.29, 0.717) is 11.3 Å². The van der Waals surface area contributed by atoms with E-state index in [4.69, 9.17) is 0 Å². The summed E-state index contributed by atoms with van der Waals surface area (Å²) < 4.78 is 13.1. The van der Waals surface area contributed by atoms with E-state index in [1.807, 2.05) is 12.1 Å². The summed E-state index contributed by atoms with van der Waals surface area (Å²) >= 11 is 0. The molecule has 0 fully saturated rings. The molecule has 0 saturated carbocycles. The van der Waals surface area contributed by atoms with Gasteiger partial charge in [0.1, 0.15) is 11.9 Å². The molecule has 0 bridgehead atoms. The predicted octanol–water partition coefficient (Wildman–Crippen LogP) is 3.88. The Hall–Kier alpha value is -2.69. The lowest BCUT2D eigenvalue weighted by atomic mass is 9.86. The van der Waals surface area contributed by atoms with E-state index in [2.05, 4.69) is 31.4 Å². The van der Waals surface area contributed by atoms with E-state index >= 15 is 0 Å². The van der Waals surface area contributed by atoms with Gasteiger partial charge in [-0.1, -0.05) is 39.0 Å². The van der Waals surface area contributed by atoms with Crippen LogP contribution in [0.5, 0.6) is 0 Å². The van der Waals surface area contributed by atoms with Gasteiger partial charge in [0, 0.05) is 11.3 Å². The molecule has 2 aromatic carbocycles. The van der Waals surface area contributed by atoms with Gasteiger partial charge < -0.3 is 10.6 Å². The van der Waals surface area contributed by atoms with Crippen molar-refractivity contribution in [3.05, 3.63) is 65.5 Å². The molecule has 0 aliphatic rings. The molecule has 0 radical (unpaired) electrons. The normalized spacial score (nSPS) is 12.4. The molecule has 1 unspecified atom stereocenters. The molecule has 0 aliphatic heterocycles. The second-order valence-corrected chi connectivity index (χ2v) is 7.02. The lowest BCUT2D eigenvalue weighted by molar-refractivity contribution is -0.117. The molecule has 132 valence electrons. The SMILES string of the molecule is CC(NC(=O)c1ccc(C(C)(C)C)cc1)C(=O)Nc1cccc(F)c1. The van der Waals surface area contributed by atoms with Crippen molar-refractivity contribution in [2.45, 2.75) is 39.2 Å². The number of rotatable bonds is 4. The van der Waals surface area contributed by atoms with Crippen molar-refractivity contribution >= 4 is 17.5 Å². The number of benzene rings is 2. The molecule has 2 amide bonds. The van der Waals surface area contributed by atoms with Crippen LogP contribution >= 0.6 is 0 Å². The average Bonchev–Trinajstić information content (AvgIpc) is 2.54. The number of nitrogens with one attached hydrogen (secondary N) is 2. The highest BCUT2D eigenvalue weighted by Gasteiger charge is 2.18. The van der Waals surface area contributed by atoms with Gasteiger partial charge in [0.2, 0.25) is 5.91 Å². The van der Waals surface area contributed by atoms with Crippen LogP contribution in [0.15, 0.2) is 48.5 Å². The van der Waals surface area contributed by atoms with Crippen LogP contribution in [0.2, 0.25) is 0 Å². The smallest absolute Gasteiger partial charge is 0.251 e. The first kappa shape index (κ1) is 18.6. The van der Waals surface area contributed by atoms with E-state index in [1.54, 1.807) is 25.1 Å². The lowest BCUT2D eigenvalue weighted by Crippen LogP contribution is -2.41. The molecule has 0 saturated heterocycles. The van der Waals surface area contributed by atoms with E-state index < -0.39 is 17.8 Å². The molecule has 4 nitrogen and oxygen atoms in total. The summed E-state index contributed by atoms with van der Waals surface area (Å²) in [4.78, 5) is 24.4. The zero-order chi connectivity index (χ0) is 18.6. The minimum atomic E-state index is -0.752. The number of halogens is 1. The number of amides is 2. The summed E-state index contributed by atoms with van der Waals surface area (Å²) in [5.41, 5.74) is 1.97. The van der Waals surface area contributed by atoms with Gasteiger partial charge in [-0.05, 0) is 48.2 Å². The van der Waals surface area contributed by atoms with Crippen molar-refractivity contribution in [1.82, 2.24) is 5.32 Å². The van der Waals surface area contributed by atoms with Gasteiger partial charge >= 0.3 is 0 Å². The van der Waals surface area contributed by atoms with Crippen LogP contribution in [-0.2, 0) is 10.2 Å². The third-order valence-corrected chi connectivity index (χ3v) is 3.85. The van der Waals surface area contributed by atoms with E-state index in [9.17, 15) is 14.0 Å². The Labute approximate surface area is 147 Å². The molecule has 0 heterocycles. The zero-order valence-electron chi connectivity index (χ0n) is 14.9. The first-order valence-corrected chi connectivity index (χ1v) is 8.14.